The van der Waals surface area contributed by atoms with E-state index in [2.05, 4.69) is 10.9 Å². The standard InChI is InChI=1S/C19H23N3O4S/c1-13(2)18(23)20-21-19(24)15-7-9-16(10-8-15)22(4)27(25,26)17-11-5-14(3)6-12-17/h5-13H,1-4H3,(H,20,23)(H,21,24). The van der Waals surface area contributed by atoms with Crippen LogP contribution in [0.5, 0.6) is 0 Å². The van der Waals surface area contributed by atoms with Gasteiger partial charge in [-0.1, -0.05) is 31.5 Å². The third kappa shape index (κ3) is 4.85. The summed E-state index contributed by atoms with van der Waals surface area (Å²) >= 11 is 0. The molecule has 0 atom stereocenters. The van der Waals surface area contributed by atoms with Gasteiger partial charge >= 0.3 is 0 Å². The highest BCUT2D eigenvalue weighted by atomic mass is 32.2. The predicted octanol–water partition coefficient (Wildman–Crippen LogP) is 2.24. The van der Waals surface area contributed by atoms with Gasteiger partial charge < -0.3 is 0 Å². The summed E-state index contributed by atoms with van der Waals surface area (Å²) in [6.45, 7) is 5.30. The molecule has 0 fully saturated rings. The van der Waals surface area contributed by atoms with Gasteiger partial charge in [0.1, 0.15) is 0 Å². The number of hydrogen-bond acceptors (Lipinski definition) is 4. The molecule has 144 valence electrons. The molecule has 0 aromatic heterocycles. The Balaban J connectivity index is 2.13. The van der Waals surface area contributed by atoms with Crippen molar-refractivity contribution >= 4 is 27.5 Å². The molecule has 2 aromatic rings. The van der Waals surface area contributed by atoms with E-state index >= 15 is 0 Å². The highest BCUT2D eigenvalue weighted by Crippen LogP contribution is 2.22. The third-order valence-electron chi connectivity index (χ3n) is 4.00. The summed E-state index contributed by atoms with van der Waals surface area (Å²) in [5.41, 5.74) is 6.32. The lowest BCUT2D eigenvalue weighted by molar-refractivity contribution is -0.124. The van der Waals surface area contributed by atoms with Crippen molar-refractivity contribution in [3.8, 4) is 0 Å². The van der Waals surface area contributed by atoms with E-state index in [0.717, 1.165) is 9.87 Å². The number of hydrazine groups is 1. The molecule has 0 aliphatic carbocycles. The first-order valence-corrected chi connectivity index (χ1v) is 9.83. The Morgan fingerprint density at radius 2 is 1.48 bits per heavy atom. The normalized spacial score (nSPS) is 11.1. The molecule has 2 aromatic carbocycles. The predicted molar refractivity (Wildman–Crippen MR) is 104 cm³/mol. The van der Waals surface area contributed by atoms with E-state index in [1.54, 1.807) is 38.1 Å². The number of amides is 2. The molecule has 0 radical (unpaired) electrons. The summed E-state index contributed by atoms with van der Waals surface area (Å²) in [4.78, 5) is 23.7. The summed E-state index contributed by atoms with van der Waals surface area (Å²) in [7, 11) is -2.25. The number of carbonyl (C=O) groups is 2. The summed E-state index contributed by atoms with van der Waals surface area (Å²) in [5.74, 6) is -1.04. The van der Waals surface area contributed by atoms with Crippen molar-refractivity contribution in [1.82, 2.24) is 10.9 Å². The number of hydrogen-bond donors (Lipinski definition) is 2. The number of nitrogens with zero attached hydrogens (tertiary/aromatic N) is 1. The third-order valence-corrected chi connectivity index (χ3v) is 5.80. The molecule has 7 nitrogen and oxygen atoms in total. The van der Waals surface area contributed by atoms with E-state index in [1.807, 2.05) is 6.92 Å². The van der Waals surface area contributed by atoms with Gasteiger partial charge in [-0.05, 0) is 43.3 Å². The second-order valence-electron chi connectivity index (χ2n) is 6.43. The fourth-order valence-corrected chi connectivity index (χ4v) is 3.36. The van der Waals surface area contributed by atoms with Crippen molar-refractivity contribution in [3.63, 3.8) is 0 Å². The number of benzene rings is 2. The maximum Gasteiger partial charge on any atom is 0.269 e. The number of nitrogens with one attached hydrogen (secondary N) is 2. The first kappa shape index (κ1) is 20.4. The molecule has 0 unspecified atom stereocenters. The van der Waals surface area contributed by atoms with E-state index in [4.69, 9.17) is 0 Å². The molecule has 2 rings (SSSR count). The highest BCUT2D eigenvalue weighted by molar-refractivity contribution is 7.92. The van der Waals surface area contributed by atoms with Crippen LogP contribution >= 0.6 is 0 Å². The van der Waals surface area contributed by atoms with Crippen LogP contribution in [0, 0.1) is 12.8 Å². The van der Waals surface area contributed by atoms with Gasteiger partial charge in [0, 0.05) is 18.5 Å². The van der Waals surface area contributed by atoms with Gasteiger partial charge in [0.05, 0.1) is 10.6 Å². The zero-order chi connectivity index (χ0) is 20.2. The Morgan fingerprint density at radius 3 is 2.00 bits per heavy atom. The van der Waals surface area contributed by atoms with Crippen LogP contribution in [0.25, 0.3) is 0 Å². The number of sulfonamides is 1. The summed E-state index contributed by atoms with van der Waals surface area (Å²) < 4.78 is 26.6. The van der Waals surface area contributed by atoms with E-state index < -0.39 is 15.9 Å². The van der Waals surface area contributed by atoms with Crippen molar-refractivity contribution in [3.05, 3.63) is 59.7 Å². The molecule has 0 aliphatic heterocycles. The van der Waals surface area contributed by atoms with Crippen LogP contribution in [0.3, 0.4) is 0 Å². The lowest BCUT2D eigenvalue weighted by Gasteiger charge is -2.20. The molecule has 2 N–H and O–H groups in total. The average molecular weight is 389 g/mol. The van der Waals surface area contributed by atoms with Crippen molar-refractivity contribution in [1.29, 1.82) is 0 Å². The zero-order valence-electron chi connectivity index (χ0n) is 15.7. The smallest absolute Gasteiger partial charge is 0.269 e. The van der Waals surface area contributed by atoms with E-state index in [0.29, 0.717) is 11.3 Å². The number of carbonyl (C=O) groups excluding carboxylic acids is 2. The largest absolute Gasteiger partial charge is 0.273 e. The van der Waals surface area contributed by atoms with E-state index in [-0.39, 0.29) is 16.7 Å². The van der Waals surface area contributed by atoms with Crippen molar-refractivity contribution in [2.45, 2.75) is 25.7 Å². The second-order valence-corrected chi connectivity index (χ2v) is 8.40. The second kappa shape index (κ2) is 8.22. The van der Waals surface area contributed by atoms with Crippen LogP contribution in [0.15, 0.2) is 53.4 Å². The van der Waals surface area contributed by atoms with Crippen molar-refractivity contribution < 1.29 is 18.0 Å². The molecule has 0 spiro atoms. The Labute approximate surface area is 159 Å². The molecular weight excluding hydrogens is 366 g/mol. The van der Waals surface area contributed by atoms with Crippen LogP contribution in [0.4, 0.5) is 5.69 Å². The number of aryl methyl sites for hydroxylation is 1. The van der Waals surface area contributed by atoms with Crippen LogP contribution in [0.2, 0.25) is 0 Å². The van der Waals surface area contributed by atoms with Gasteiger partial charge in [-0.2, -0.15) is 0 Å². The number of anilines is 1. The first-order valence-electron chi connectivity index (χ1n) is 8.39. The molecule has 0 bridgehead atoms. The first-order chi connectivity index (χ1) is 12.6. The van der Waals surface area contributed by atoms with Gasteiger partial charge in [-0.15, -0.1) is 0 Å². The lowest BCUT2D eigenvalue weighted by Crippen LogP contribution is -2.43. The number of rotatable bonds is 5. The van der Waals surface area contributed by atoms with Crippen molar-refractivity contribution in [2.75, 3.05) is 11.4 Å². The van der Waals surface area contributed by atoms with Gasteiger partial charge in [0.25, 0.3) is 15.9 Å². The fraction of sp³-hybridized carbons (Fsp3) is 0.263. The minimum absolute atomic E-state index is 0.189. The minimum Gasteiger partial charge on any atom is -0.273 e. The maximum absolute atomic E-state index is 12.7. The summed E-state index contributed by atoms with van der Waals surface area (Å²) in [5, 5.41) is 0. The highest BCUT2D eigenvalue weighted by Gasteiger charge is 2.21. The minimum atomic E-state index is -3.70. The monoisotopic (exact) mass is 389 g/mol. The van der Waals surface area contributed by atoms with Gasteiger partial charge in [-0.3, -0.25) is 24.7 Å². The Hall–Kier alpha value is -2.87. The Morgan fingerprint density at radius 1 is 0.926 bits per heavy atom. The van der Waals surface area contributed by atoms with Gasteiger partial charge in [0.2, 0.25) is 5.91 Å². The van der Waals surface area contributed by atoms with Crippen LogP contribution in [0.1, 0.15) is 29.8 Å². The molecule has 27 heavy (non-hydrogen) atoms. The zero-order valence-corrected chi connectivity index (χ0v) is 16.5. The van der Waals surface area contributed by atoms with Gasteiger partial charge in [-0.25, -0.2) is 8.42 Å². The van der Waals surface area contributed by atoms with E-state index in [1.165, 1.54) is 31.3 Å². The SMILES string of the molecule is Cc1ccc(S(=O)(=O)N(C)c2ccc(C(=O)NNC(=O)C(C)C)cc2)cc1. The van der Waals surface area contributed by atoms with Crippen LogP contribution in [-0.2, 0) is 14.8 Å². The molecular formula is C19H23N3O4S. The van der Waals surface area contributed by atoms with E-state index in [9.17, 15) is 18.0 Å². The molecule has 0 saturated heterocycles. The van der Waals surface area contributed by atoms with Crippen molar-refractivity contribution in [2.24, 2.45) is 5.92 Å². The molecule has 2 amide bonds. The topological polar surface area (TPSA) is 95.6 Å². The van der Waals surface area contributed by atoms with Crippen LogP contribution < -0.4 is 15.2 Å². The lowest BCUT2D eigenvalue weighted by atomic mass is 10.2. The maximum atomic E-state index is 12.7. The molecule has 0 saturated carbocycles. The fourth-order valence-electron chi connectivity index (χ4n) is 2.16. The molecule has 0 heterocycles. The van der Waals surface area contributed by atoms with Crippen LogP contribution in [-0.4, -0.2) is 27.3 Å². The average Bonchev–Trinajstić information content (AvgIpc) is 2.65. The quantitative estimate of drug-likeness (QED) is 0.767. The summed E-state index contributed by atoms with van der Waals surface area (Å²) in [6, 6.07) is 12.6. The van der Waals surface area contributed by atoms with Gasteiger partial charge in [0.15, 0.2) is 0 Å². The molecule has 8 heteroatoms. The summed E-state index contributed by atoms with van der Waals surface area (Å²) in [6.07, 6.45) is 0. The Kier molecular flexibility index (Phi) is 6.22. The Bertz CT molecular complexity index is 920. The molecule has 0 aliphatic rings.